The van der Waals surface area contributed by atoms with Crippen molar-refractivity contribution in [3.8, 4) is 0 Å². The van der Waals surface area contributed by atoms with E-state index in [1.165, 1.54) is 6.42 Å². The lowest BCUT2D eigenvalue weighted by Gasteiger charge is -2.39. The van der Waals surface area contributed by atoms with Crippen LogP contribution in [-0.4, -0.2) is 66.3 Å². The van der Waals surface area contributed by atoms with Crippen molar-refractivity contribution >= 4 is 27.1 Å². The van der Waals surface area contributed by atoms with Crippen molar-refractivity contribution in [2.75, 3.05) is 25.1 Å². The van der Waals surface area contributed by atoms with E-state index in [1.54, 1.807) is 11.3 Å². The summed E-state index contributed by atoms with van der Waals surface area (Å²) in [7, 11) is -1.08. The Labute approximate surface area is 160 Å². The zero-order valence-corrected chi connectivity index (χ0v) is 17.3. The SMILES string of the molecule is Cc1nc(CN(C)CC(=O)N(C2CCCCC2)C2CCS(=O)(=O)C2)cs1. The summed E-state index contributed by atoms with van der Waals surface area (Å²) in [6.45, 7) is 2.92. The molecule has 3 rings (SSSR count). The Morgan fingerprint density at radius 2 is 1.96 bits per heavy atom. The van der Waals surface area contributed by atoms with Crippen LogP contribution in [0.4, 0.5) is 0 Å². The Morgan fingerprint density at radius 3 is 2.54 bits per heavy atom. The topological polar surface area (TPSA) is 70.6 Å². The van der Waals surface area contributed by atoms with Gasteiger partial charge >= 0.3 is 0 Å². The lowest BCUT2D eigenvalue weighted by Crippen LogP contribution is -2.51. The predicted octanol–water partition coefficient (Wildman–Crippen LogP) is 2.23. The van der Waals surface area contributed by atoms with Crippen LogP contribution in [0, 0.1) is 6.92 Å². The molecule has 1 unspecified atom stereocenters. The van der Waals surface area contributed by atoms with E-state index in [9.17, 15) is 13.2 Å². The van der Waals surface area contributed by atoms with Crippen LogP contribution in [0.2, 0.25) is 0 Å². The molecule has 1 saturated heterocycles. The second-order valence-electron chi connectivity index (χ2n) is 7.68. The van der Waals surface area contributed by atoms with Gasteiger partial charge in [-0.15, -0.1) is 11.3 Å². The van der Waals surface area contributed by atoms with E-state index in [1.807, 2.05) is 29.2 Å². The third-order valence-corrected chi connectivity index (χ3v) is 7.93. The Hall–Kier alpha value is -0.990. The zero-order valence-electron chi connectivity index (χ0n) is 15.7. The van der Waals surface area contributed by atoms with Crippen LogP contribution in [0.1, 0.15) is 49.2 Å². The predicted molar refractivity (Wildman–Crippen MR) is 104 cm³/mol. The summed E-state index contributed by atoms with van der Waals surface area (Å²) >= 11 is 1.61. The van der Waals surface area contributed by atoms with Gasteiger partial charge in [0.25, 0.3) is 0 Å². The summed E-state index contributed by atoms with van der Waals surface area (Å²) in [5.41, 5.74) is 0.982. The van der Waals surface area contributed by atoms with Crippen LogP contribution in [0.15, 0.2) is 5.38 Å². The highest BCUT2D eigenvalue weighted by molar-refractivity contribution is 7.91. The number of hydrogen-bond donors (Lipinski definition) is 0. The molecule has 0 bridgehead atoms. The first-order valence-electron chi connectivity index (χ1n) is 9.45. The van der Waals surface area contributed by atoms with Crippen molar-refractivity contribution in [2.24, 2.45) is 0 Å². The summed E-state index contributed by atoms with van der Waals surface area (Å²) < 4.78 is 23.9. The van der Waals surface area contributed by atoms with Crippen molar-refractivity contribution < 1.29 is 13.2 Å². The van der Waals surface area contributed by atoms with Gasteiger partial charge in [-0.3, -0.25) is 9.69 Å². The second kappa shape index (κ2) is 8.35. The molecule has 146 valence electrons. The number of sulfone groups is 1. The van der Waals surface area contributed by atoms with E-state index in [4.69, 9.17) is 0 Å². The largest absolute Gasteiger partial charge is 0.335 e. The maximum atomic E-state index is 13.1. The van der Waals surface area contributed by atoms with Gasteiger partial charge < -0.3 is 4.90 Å². The Morgan fingerprint density at radius 1 is 1.23 bits per heavy atom. The summed E-state index contributed by atoms with van der Waals surface area (Å²) in [5.74, 6) is 0.403. The second-order valence-corrected chi connectivity index (χ2v) is 11.0. The maximum absolute atomic E-state index is 13.1. The van der Waals surface area contributed by atoms with Gasteiger partial charge in [-0.2, -0.15) is 0 Å². The Balaban J connectivity index is 1.67. The van der Waals surface area contributed by atoms with Crippen molar-refractivity contribution in [3.63, 3.8) is 0 Å². The fraction of sp³-hybridized carbons (Fsp3) is 0.778. The fourth-order valence-corrected chi connectivity index (χ4v) is 6.50. The summed E-state index contributed by atoms with van der Waals surface area (Å²) in [6, 6.07) is 0.0509. The van der Waals surface area contributed by atoms with Crippen molar-refractivity contribution in [2.45, 2.75) is 64.1 Å². The number of nitrogens with zero attached hydrogens (tertiary/aromatic N) is 3. The molecule has 0 N–H and O–H groups in total. The van der Waals surface area contributed by atoms with Crippen LogP contribution in [0.5, 0.6) is 0 Å². The zero-order chi connectivity index (χ0) is 18.7. The lowest BCUT2D eigenvalue weighted by molar-refractivity contribution is -0.137. The summed E-state index contributed by atoms with van der Waals surface area (Å²) in [4.78, 5) is 21.5. The molecule has 0 aromatic carbocycles. The first kappa shape index (κ1) is 19.8. The molecule has 1 amide bonds. The molecule has 1 aliphatic heterocycles. The van der Waals surface area contributed by atoms with Crippen LogP contribution in [0.25, 0.3) is 0 Å². The molecule has 0 radical (unpaired) electrons. The van der Waals surface area contributed by atoms with Gasteiger partial charge in [-0.25, -0.2) is 13.4 Å². The number of carbonyl (C=O) groups is 1. The molecular weight excluding hydrogens is 370 g/mol. The van der Waals surface area contributed by atoms with Crippen LogP contribution in [-0.2, 0) is 21.2 Å². The first-order chi connectivity index (χ1) is 12.3. The number of hydrogen-bond acceptors (Lipinski definition) is 6. The third kappa shape index (κ3) is 5.04. The molecule has 2 aliphatic rings. The molecule has 26 heavy (non-hydrogen) atoms. The third-order valence-electron chi connectivity index (χ3n) is 5.36. The van der Waals surface area contributed by atoms with Crippen LogP contribution in [0.3, 0.4) is 0 Å². The molecule has 6 nitrogen and oxygen atoms in total. The minimum absolute atomic E-state index is 0.0634. The van der Waals surface area contributed by atoms with E-state index >= 15 is 0 Å². The highest BCUT2D eigenvalue weighted by Crippen LogP contribution is 2.28. The van der Waals surface area contributed by atoms with Gasteiger partial charge in [-0.1, -0.05) is 19.3 Å². The van der Waals surface area contributed by atoms with Gasteiger partial charge in [0.15, 0.2) is 9.84 Å². The van der Waals surface area contributed by atoms with Crippen molar-refractivity contribution in [1.29, 1.82) is 0 Å². The minimum atomic E-state index is -3.00. The van der Waals surface area contributed by atoms with Gasteiger partial charge in [0.05, 0.1) is 28.8 Å². The molecule has 1 atom stereocenters. The molecule has 1 aliphatic carbocycles. The van der Waals surface area contributed by atoms with Gasteiger partial charge in [0.2, 0.25) is 5.91 Å². The standard InChI is InChI=1S/C18H29N3O3S2/c1-14-19-15(12-25-14)10-20(2)11-18(22)21(16-6-4-3-5-7-16)17-8-9-26(23,24)13-17/h12,16-17H,3-11,13H2,1-2H3. The van der Waals surface area contributed by atoms with E-state index in [0.717, 1.165) is 36.4 Å². The van der Waals surface area contributed by atoms with Gasteiger partial charge in [0.1, 0.15) is 0 Å². The quantitative estimate of drug-likeness (QED) is 0.734. The molecule has 1 aromatic heterocycles. The van der Waals surface area contributed by atoms with Crippen LogP contribution < -0.4 is 0 Å². The summed E-state index contributed by atoms with van der Waals surface area (Å²) in [5, 5.41) is 3.05. The molecule has 0 spiro atoms. The lowest BCUT2D eigenvalue weighted by atomic mass is 9.93. The number of likely N-dealkylation sites (N-methyl/N-ethyl adjacent to an activating group) is 1. The highest BCUT2D eigenvalue weighted by atomic mass is 32.2. The van der Waals surface area contributed by atoms with E-state index < -0.39 is 9.84 Å². The van der Waals surface area contributed by atoms with Gasteiger partial charge in [0, 0.05) is 24.0 Å². The smallest absolute Gasteiger partial charge is 0.237 e. The van der Waals surface area contributed by atoms with Gasteiger partial charge in [-0.05, 0) is 33.2 Å². The molecule has 2 heterocycles. The Kier molecular flexibility index (Phi) is 6.35. The average Bonchev–Trinajstić information content (AvgIpc) is 3.13. The highest BCUT2D eigenvalue weighted by Gasteiger charge is 2.38. The van der Waals surface area contributed by atoms with E-state index in [2.05, 4.69) is 4.98 Å². The van der Waals surface area contributed by atoms with E-state index in [-0.39, 0.29) is 29.5 Å². The normalized spacial score (nSPS) is 23.4. The van der Waals surface area contributed by atoms with E-state index in [0.29, 0.717) is 19.5 Å². The number of aryl methyl sites for hydroxylation is 1. The molecule has 8 heteroatoms. The minimum Gasteiger partial charge on any atom is -0.335 e. The maximum Gasteiger partial charge on any atom is 0.237 e. The van der Waals surface area contributed by atoms with Crippen molar-refractivity contribution in [1.82, 2.24) is 14.8 Å². The number of amides is 1. The summed E-state index contributed by atoms with van der Waals surface area (Å²) in [6.07, 6.45) is 6.04. The molecule has 1 aromatic rings. The Bertz CT molecular complexity index is 726. The number of rotatable bonds is 6. The number of carbonyl (C=O) groups excluding carboxylic acids is 1. The van der Waals surface area contributed by atoms with Crippen molar-refractivity contribution in [3.05, 3.63) is 16.1 Å². The monoisotopic (exact) mass is 399 g/mol. The molecule has 2 fully saturated rings. The van der Waals surface area contributed by atoms with Crippen LogP contribution >= 0.6 is 11.3 Å². The molecular formula is C18H29N3O3S2. The number of aromatic nitrogens is 1. The average molecular weight is 400 g/mol. The fourth-order valence-electron chi connectivity index (χ4n) is 4.19. The molecule has 1 saturated carbocycles. The number of thiazole rings is 1. The first-order valence-corrected chi connectivity index (χ1v) is 12.2.